The predicted octanol–water partition coefficient (Wildman–Crippen LogP) is 4.27. The highest BCUT2D eigenvalue weighted by Crippen LogP contribution is 2.31. The first kappa shape index (κ1) is 10.8. The molecule has 0 aliphatic rings. The van der Waals surface area contributed by atoms with E-state index in [0.717, 1.165) is 32.2 Å². The third-order valence-corrected chi connectivity index (χ3v) is 3.81. The van der Waals surface area contributed by atoms with Crippen LogP contribution in [0.2, 0.25) is 5.02 Å². The van der Waals surface area contributed by atoms with Gasteiger partial charge in [0, 0.05) is 32.8 Å². The maximum absolute atomic E-state index is 5.94. The Hall–Kier alpha value is -1.29. The number of rotatable bonds is 2. The molecule has 0 aliphatic heterocycles. The van der Waals surface area contributed by atoms with Crippen LogP contribution in [0, 0.1) is 0 Å². The smallest absolute Gasteiger partial charge is 0.136 e. The van der Waals surface area contributed by atoms with Gasteiger partial charge in [-0.1, -0.05) is 11.6 Å². The Morgan fingerprint density at radius 1 is 1.24 bits per heavy atom. The molecule has 2 aromatic heterocycles. The van der Waals surface area contributed by atoms with Gasteiger partial charge < -0.3 is 10.2 Å². The maximum Gasteiger partial charge on any atom is 0.136 e. The summed E-state index contributed by atoms with van der Waals surface area (Å²) in [6.07, 6.45) is 0. The number of furan rings is 1. The molecule has 3 aromatic rings. The molecule has 17 heavy (non-hydrogen) atoms. The number of halogens is 1. The molecule has 2 heterocycles. The molecule has 0 bridgehead atoms. The van der Waals surface area contributed by atoms with Crippen LogP contribution in [0.25, 0.3) is 22.3 Å². The van der Waals surface area contributed by atoms with Gasteiger partial charge in [-0.25, -0.2) is 0 Å². The first-order valence-electron chi connectivity index (χ1n) is 5.23. The van der Waals surface area contributed by atoms with Crippen LogP contribution >= 0.6 is 22.9 Å². The van der Waals surface area contributed by atoms with Crippen LogP contribution < -0.4 is 5.73 Å². The molecule has 2 N–H and O–H groups in total. The van der Waals surface area contributed by atoms with Gasteiger partial charge in [-0.2, -0.15) is 0 Å². The van der Waals surface area contributed by atoms with Gasteiger partial charge in [0.05, 0.1) is 0 Å². The summed E-state index contributed by atoms with van der Waals surface area (Å²) in [5.41, 5.74) is 7.52. The summed E-state index contributed by atoms with van der Waals surface area (Å²) < 4.78 is 5.77. The molecule has 86 valence electrons. The van der Waals surface area contributed by atoms with Crippen LogP contribution in [-0.2, 0) is 6.54 Å². The summed E-state index contributed by atoms with van der Waals surface area (Å²) in [5, 5.41) is 3.80. The molecule has 0 saturated carbocycles. The van der Waals surface area contributed by atoms with Crippen molar-refractivity contribution in [2.45, 2.75) is 6.54 Å². The van der Waals surface area contributed by atoms with Crippen molar-refractivity contribution in [3.63, 3.8) is 0 Å². The summed E-state index contributed by atoms with van der Waals surface area (Å²) in [6, 6.07) is 9.68. The molecule has 0 amide bonds. The van der Waals surface area contributed by atoms with Crippen molar-refractivity contribution < 1.29 is 4.42 Å². The predicted molar refractivity (Wildman–Crippen MR) is 72.4 cm³/mol. The van der Waals surface area contributed by atoms with Crippen molar-refractivity contribution >= 4 is 33.9 Å². The normalized spacial score (nSPS) is 11.2. The number of hydrogen-bond donors (Lipinski definition) is 1. The summed E-state index contributed by atoms with van der Waals surface area (Å²) in [7, 11) is 0. The lowest BCUT2D eigenvalue weighted by atomic mass is 10.2. The van der Waals surface area contributed by atoms with E-state index >= 15 is 0 Å². The minimum Gasteiger partial charge on any atom is -0.456 e. The number of thiophene rings is 1. The van der Waals surface area contributed by atoms with Gasteiger partial charge in [-0.3, -0.25) is 0 Å². The van der Waals surface area contributed by atoms with Gasteiger partial charge >= 0.3 is 0 Å². The fraction of sp³-hybridized carbons (Fsp3) is 0.0769. The molecule has 0 spiro atoms. The largest absolute Gasteiger partial charge is 0.456 e. The average Bonchev–Trinajstić information content (AvgIpc) is 2.93. The Labute approximate surface area is 108 Å². The zero-order valence-corrected chi connectivity index (χ0v) is 10.5. The van der Waals surface area contributed by atoms with E-state index in [1.54, 1.807) is 11.3 Å². The third-order valence-electron chi connectivity index (χ3n) is 2.62. The molecule has 0 saturated heterocycles. The van der Waals surface area contributed by atoms with E-state index in [1.807, 2.05) is 24.3 Å². The maximum atomic E-state index is 5.94. The highest BCUT2D eigenvalue weighted by atomic mass is 35.5. The number of nitrogens with two attached hydrogens (primary N) is 1. The quantitative estimate of drug-likeness (QED) is 0.750. The summed E-state index contributed by atoms with van der Waals surface area (Å²) in [4.78, 5) is 1.15. The highest BCUT2D eigenvalue weighted by Gasteiger charge is 2.08. The zero-order valence-electron chi connectivity index (χ0n) is 8.94. The third kappa shape index (κ3) is 1.97. The van der Waals surface area contributed by atoms with Crippen LogP contribution in [0.1, 0.15) is 4.88 Å². The number of fused-ring (bicyclic) bond motifs is 1. The molecule has 2 nitrogen and oxygen atoms in total. The first-order valence-corrected chi connectivity index (χ1v) is 6.49. The van der Waals surface area contributed by atoms with Crippen molar-refractivity contribution in [2.24, 2.45) is 5.73 Å². The van der Waals surface area contributed by atoms with Gasteiger partial charge in [0.1, 0.15) is 11.3 Å². The van der Waals surface area contributed by atoms with Gasteiger partial charge in [0.15, 0.2) is 0 Å². The fourth-order valence-electron chi connectivity index (χ4n) is 1.77. The van der Waals surface area contributed by atoms with Crippen LogP contribution in [0.5, 0.6) is 0 Å². The van der Waals surface area contributed by atoms with Gasteiger partial charge in [-0.05, 0) is 30.3 Å². The lowest BCUT2D eigenvalue weighted by molar-refractivity contribution is 0.632. The second-order valence-electron chi connectivity index (χ2n) is 3.80. The summed E-state index contributed by atoms with van der Waals surface area (Å²) in [6.45, 7) is 0.566. The van der Waals surface area contributed by atoms with Gasteiger partial charge in [0.25, 0.3) is 0 Å². The Balaban J connectivity index is 2.11. The van der Waals surface area contributed by atoms with Crippen LogP contribution in [0.15, 0.2) is 40.1 Å². The topological polar surface area (TPSA) is 39.2 Å². The average molecular weight is 264 g/mol. The first-order chi connectivity index (χ1) is 8.26. The fourth-order valence-corrected chi connectivity index (χ4v) is 2.71. The van der Waals surface area contributed by atoms with Crippen LogP contribution in [-0.4, -0.2) is 0 Å². The second kappa shape index (κ2) is 4.18. The Morgan fingerprint density at radius 3 is 2.88 bits per heavy atom. The molecule has 0 atom stereocenters. The van der Waals surface area contributed by atoms with E-state index in [-0.39, 0.29) is 0 Å². The van der Waals surface area contributed by atoms with E-state index in [4.69, 9.17) is 21.8 Å². The molecule has 0 fully saturated rings. The van der Waals surface area contributed by atoms with Gasteiger partial charge in [0.2, 0.25) is 0 Å². The van der Waals surface area contributed by atoms with Crippen molar-refractivity contribution in [3.05, 3.63) is 45.6 Å². The van der Waals surface area contributed by atoms with Gasteiger partial charge in [-0.15, -0.1) is 11.3 Å². The molecular formula is C13H10ClNOS. The molecule has 0 radical (unpaired) electrons. The minimum atomic E-state index is 0.566. The Kier molecular flexibility index (Phi) is 2.67. The van der Waals surface area contributed by atoms with Crippen molar-refractivity contribution in [1.82, 2.24) is 0 Å². The van der Waals surface area contributed by atoms with Crippen molar-refractivity contribution in [3.8, 4) is 11.3 Å². The number of hydrogen-bond acceptors (Lipinski definition) is 3. The second-order valence-corrected chi connectivity index (χ2v) is 5.23. The minimum absolute atomic E-state index is 0.566. The molecule has 0 aliphatic carbocycles. The van der Waals surface area contributed by atoms with E-state index in [1.165, 1.54) is 0 Å². The zero-order chi connectivity index (χ0) is 11.8. The summed E-state index contributed by atoms with van der Waals surface area (Å²) in [5.74, 6) is 0.859. The van der Waals surface area contributed by atoms with Crippen LogP contribution in [0.3, 0.4) is 0 Å². The monoisotopic (exact) mass is 263 g/mol. The molecule has 4 heteroatoms. The molecule has 0 unspecified atom stereocenters. The highest BCUT2D eigenvalue weighted by molar-refractivity contribution is 7.10. The van der Waals surface area contributed by atoms with E-state index < -0.39 is 0 Å². The molecular weight excluding hydrogens is 254 g/mol. The molecule has 1 aromatic carbocycles. The Morgan fingerprint density at radius 2 is 2.12 bits per heavy atom. The lowest BCUT2D eigenvalue weighted by Gasteiger charge is -1.89. The van der Waals surface area contributed by atoms with E-state index in [0.29, 0.717) is 6.54 Å². The Bertz CT molecular complexity index is 671. The SMILES string of the molecule is NCc1cc(-c2cc3cc(Cl)ccc3o2)cs1. The standard InChI is InChI=1S/C13H10ClNOS/c14-10-1-2-12-8(3-10)5-13(16-12)9-4-11(6-15)17-7-9/h1-5,7H,6,15H2. The van der Waals surface area contributed by atoms with Crippen LogP contribution in [0.4, 0.5) is 0 Å². The van der Waals surface area contributed by atoms with Crippen molar-refractivity contribution in [1.29, 1.82) is 0 Å². The van der Waals surface area contributed by atoms with E-state index in [9.17, 15) is 0 Å². The lowest BCUT2D eigenvalue weighted by Crippen LogP contribution is -1.91. The van der Waals surface area contributed by atoms with Crippen molar-refractivity contribution in [2.75, 3.05) is 0 Å². The molecule has 3 rings (SSSR count). The summed E-state index contributed by atoms with van der Waals surface area (Å²) >= 11 is 7.59. The number of benzene rings is 1. The van der Waals surface area contributed by atoms with E-state index in [2.05, 4.69) is 11.4 Å².